The molecule has 0 saturated heterocycles. The van der Waals surface area contributed by atoms with E-state index in [1.165, 1.54) is 19.1 Å². The summed E-state index contributed by atoms with van der Waals surface area (Å²) in [5.74, 6) is -0.568. The first-order valence-electron chi connectivity index (χ1n) is 9.64. The largest absolute Gasteiger partial charge is 0.483 e. The van der Waals surface area contributed by atoms with Crippen molar-refractivity contribution in [3.8, 4) is 5.75 Å². The van der Waals surface area contributed by atoms with Crippen LogP contribution in [-0.2, 0) is 16.7 Å². The molecule has 0 bridgehead atoms. The number of carbonyl (C=O) groups excluding carboxylic acids is 2. The van der Waals surface area contributed by atoms with Gasteiger partial charge >= 0.3 is 12.1 Å². The quantitative estimate of drug-likeness (QED) is 0.272. The maximum atomic E-state index is 12.9. The van der Waals surface area contributed by atoms with E-state index in [2.05, 4.69) is 20.8 Å². The van der Waals surface area contributed by atoms with Gasteiger partial charge in [0.15, 0.2) is 17.5 Å². The first-order valence-corrected chi connectivity index (χ1v) is 11.0. The molecule has 3 rings (SSSR count). The van der Waals surface area contributed by atoms with Crippen LogP contribution in [0.2, 0.25) is 5.02 Å². The lowest BCUT2D eigenvalue weighted by atomic mass is 10.2. The van der Waals surface area contributed by atoms with Crippen LogP contribution < -0.4 is 15.6 Å². The first-order chi connectivity index (χ1) is 16.0. The van der Waals surface area contributed by atoms with Crippen LogP contribution in [0.3, 0.4) is 0 Å². The second kappa shape index (κ2) is 10.8. The van der Waals surface area contributed by atoms with E-state index in [9.17, 15) is 22.8 Å². The van der Waals surface area contributed by atoms with Crippen molar-refractivity contribution in [2.45, 2.75) is 30.9 Å². The Morgan fingerprint density at radius 3 is 2.59 bits per heavy atom. The minimum Gasteiger partial charge on any atom is -0.483 e. The topological polar surface area (TPSA) is 106 Å². The van der Waals surface area contributed by atoms with Crippen LogP contribution in [0.5, 0.6) is 5.75 Å². The van der Waals surface area contributed by atoms with Gasteiger partial charge in [-0.15, -0.1) is 0 Å². The fourth-order valence-corrected chi connectivity index (χ4v) is 3.63. The summed E-state index contributed by atoms with van der Waals surface area (Å²) in [5, 5.41) is 0.466. The van der Waals surface area contributed by atoms with E-state index in [4.69, 9.17) is 20.8 Å². The van der Waals surface area contributed by atoms with Crippen molar-refractivity contribution in [2.75, 3.05) is 6.61 Å². The number of thioether (sulfide) groups is 1. The standard InChI is InChI=1S/C21H18ClF3N4O4S/c1-11-7-13(22)3-5-15(11)32-9-18(30)28-29-19(31)16-6-4-14(33-16)10-34-20-26-12(2)8-17(27-20)21(23,24)25/h3-8H,9-10H2,1-2H3,(H,28,30)(H,29,31). The number of benzene rings is 1. The van der Waals surface area contributed by atoms with E-state index in [0.29, 0.717) is 16.5 Å². The number of hydrogen-bond acceptors (Lipinski definition) is 7. The molecule has 0 fully saturated rings. The summed E-state index contributed by atoms with van der Waals surface area (Å²) in [6.45, 7) is 2.86. The number of amides is 2. The van der Waals surface area contributed by atoms with Gasteiger partial charge in [0.05, 0.1) is 5.75 Å². The summed E-state index contributed by atoms with van der Waals surface area (Å²) >= 11 is 6.79. The highest BCUT2D eigenvalue weighted by molar-refractivity contribution is 7.98. The first kappa shape index (κ1) is 25.4. The predicted octanol–water partition coefficient (Wildman–Crippen LogP) is 4.49. The molecule has 0 aliphatic heterocycles. The molecular formula is C21H18ClF3N4O4S. The van der Waals surface area contributed by atoms with Crippen LogP contribution in [0.15, 0.2) is 46.0 Å². The van der Waals surface area contributed by atoms with Crippen molar-refractivity contribution in [2.24, 2.45) is 0 Å². The lowest BCUT2D eigenvalue weighted by Gasteiger charge is -2.10. The van der Waals surface area contributed by atoms with Crippen molar-refractivity contribution in [3.63, 3.8) is 0 Å². The molecule has 0 aliphatic carbocycles. The average Bonchev–Trinajstić information content (AvgIpc) is 3.24. The van der Waals surface area contributed by atoms with Gasteiger partial charge in [0.25, 0.3) is 5.91 Å². The fourth-order valence-electron chi connectivity index (χ4n) is 2.61. The van der Waals surface area contributed by atoms with Gasteiger partial charge in [-0.05, 0) is 55.8 Å². The third-order valence-electron chi connectivity index (χ3n) is 4.16. The predicted molar refractivity (Wildman–Crippen MR) is 117 cm³/mol. The van der Waals surface area contributed by atoms with Crippen LogP contribution in [0.1, 0.15) is 33.3 Å². The van der Waals surface area contributed by atoms with Gasteiger partial charge in [0, 0.05) is 10.7 Å². The minimum absolute atomic E-state index is 0.0714. The van der Waals surface area contributed by atoms with Crippen molar-refractivity contribution < 1.29 is 31.9 Å². The summed E-state index contributed by atoms with van der Waals surface area (Å²) in [5.41, 5.74) is 4.27. The number of hydrazine groups is 1. The molecule has 2 aromatic heterocycles. The Kier molecular flexibility index (Phi) is 8.05. The van der Waals surface area contributed by atoms with Crippen molar-refractivity contribution in [1.82, 2.24) is 20.8 Å². The van der Waals surface area contributed by atoms with Gasteiger partial charge in [-0.3, -0.25) is 20.4 Å². The average molecular weight is 515 g/mol. The summed E-state index contributed by atoms with van der Waals surface area (Å²) in [6, 6.07) is 8.63. The number of nitrogens with one attached hydrogen (secondary N) is 2. The van der Waals surface area contributed by atoms with Crippen LogP contribution in [0, 0.1) is 13.8 Å². The molecule has 0 saturated carbocycles. The maximum Gasteiger partial charge on any atom is 0.433 e. The maximum absolute atomic E-state index is 12.9. The molecule has 2 amide bonds. The van der Waals surface area contributed by atoms with Gasteiger partial charge < -0.3 is 9.15 Å². The summed E-state index contributed by atoms with van der Waals surface area (Å²) < 4.78 is 49.4. The zero-order chi connectivity index (χ0) is 24.9. The second-order valence-electron chi connectivity index (χ2n) is 6.93. The Morgan fingerprint density at radius 1 is 1.12 bits per heavy atom. The van der Waals surface area contributed by atoms with Crippen LogP contribution >= 0.6 is 23.4 Å². The number of aromatic nitrogens is 2. The van der Waals surface area contributed by atoms with Crippen LogP contribution in [-0.4, -0.2) is 28.4 Å². The van der Waals surface area contributed by atoms with Crippen molar-refractivity contribution in [3.05, 3.63) is 69.9 Å². The summed E-state index contributed by atoms with van der Waals surface area (Å²) in [6.07, 6.45) is -4.58. The second-order valence-corrected chi connectivity index (χ2v) is 8.31. The number of nitrogens with zero attached hydrogens (tertiary/aromatic N) is 2. The molecule has 0 spiro atoms. The molecule has 0 aliphatic rings. The van der Waals surface area contributed by atoms with E-state index in [0.717, 1.165) is 23.4 Å². The normalized spacial score (nSPS) is 11.2. The number of furan rings is 1. The summed E-state index contributed by atoms with van der Waals surface area (Å²) in [7, 11) is 0. The highest BCUT2D eigenvalue weighted by Gasteiger charge is 2.33. The fraction of sp³-hybridized carbons (Fsp3) is 0.238. The van der Waals surface area contributed by atoms with E-state index < -0.39 is 23.7 Å². The monoisotopic (exact) mass is 514 g/mol. The van der Waals surface area contributed by atoms with E-state index in [1.807, 2.05) is 0 Å². The molecule has 8 nitrogen and oxygen atoms in total. The van der Waals surface area contributed by atoms with Gasteiger partial charge in [0.1, 0.15) is 17.2 Å². The van der Waals surface area contributed by atoms with Crippen molar-refractivity contribution >= 4 is 35.2 Å². The minimum atomic E-state index is -4.58. The molecule has 13 heteroatoms. The molecule has 1 aromatic carbocycles. The molecule has 0 unspecified atom stereocenters. The van der Waals surface area contributed by atoms with E-state index >= 15 is 0 Å². The smallest absolute Gasteiger partial charge is 0.433 e. The van der Waals surface area contributed by atoms with Gasteiger partial charge in [-0.1, -0.05) is 23.4 Å². The van der Waals surface area contributed by atoms with Crippen LogP contribution in [0.25, 0.3) is 0 Å². The number of halogens is 4. The van der Waals surface area contributed by atoms with Gasteiger partial charge in [-0.25, -0.2) is 9.97 Å². The Hall–Kier alpha value is -3.25. The lowest BCUT2D eigenvalue weighted by molar-refractivity contribution is -0.141. The lowest BCUT2D eigenvalue weighted by Crippen LogP contribution is -2.43. The Bertz CT molecular complexity index is 1200. The Labute approximate surface area is 201 Å². The highest BCUT2D eigenvalue weighted by Crippen LogP contribution is 2.30. The van der Waals surface area contributed by atoms with Crippen LogP contribution in [0.4, 0.5) is 13.2 Å². The Morgan fingerprint density at radius 2 is 1.88 bits per heavy atom. The van der Waals surface area contributed by atoms with E-state index in [-0.39, 0.29) is 29.0 Å². The number of aryl methyl sites for hydroxylation is 2. The number of alkyl halides is 3. The van der Waals surface area contributed by atoms with Gasteiger partial charge in [-0.2, -0.15) is 13.2 Å². The van der Waals surface area contributed by atoms with E-state index in [1.54, 1.807) is 25.1 Å². The number of hydrogen-bond donors (Lipinski definition) is 2. The molecule has 180 valence electrons. The molecule has 34 heavy (non-hydrogen) atoms. The number of ether oxygens (including phenoxy) is 1. The zero-order valence-electron chi connectivity index (χ0n) is 17.8. The SMILES string of the molecule is Cc1cc(C(F)(F)F)nc(SCc2ccc(C(=O)NNC(=O)COc3ccc(Cl)cc3C)o2)n1. The zero-order valence-corrected chi connectivity index (χ0v) is 19.4. The molecular weight excluding hydrogens is 497 g/mol. The molecule has 3 aromatic rings. The van der Waals surface area contributed by atoms with Gasteiger partial charge in [0.2, 0.25) is 0 Å². The molecule has 2 heterocycles. The molecule has 0 radical (unpaired) electrons. The number of rotatable bonds is 7. The third kappa shape index (κ3) is 7.12. The Balaban J connectivity index is 1.48. The molecule has 0 atom stereocenters. The summed E-state index contributed by atoms with van der Waals surface area (Å²) in [4.78, 5) is 31.6. The number of carbonyl (C=O) groups is 2. The molecule has 2 N–H and O–H groups in total. The van der Waals surface area contributed by atoms with Crippen molar-refractivity contribution in [1.29, 1.82) is 0 Å². The highest BCUT2D eigenvalue weighted by atomic mass is 35.5. The third-order valence-corrected chi connectivity index (χ3v) is 5.27.